The summed E-state index contributed by atoms with van der Waals surface area (Å²) in [7, 11) is 0. The molecule has 0 aliphatic rings. The molecule has 0 aromatic heterocycles. The van der Waals surface area contributed by atoms with E-state index in [4.69, 9.17) is 0 Å². The van der Waals surface area contributed by atoms with E-state index >= 15 is 0 Å². The van der Waals surface area contributed by atoms with Gasteiger partial charge in [-0.15, -0.1) is 0 Å². The molecule has 0 fully saturated rings. The van der Waals surface area contributed by atoms with Gasteiger partial charge in [-0.2, -0.15) is 0 Å². The van der Waals surface area contributed by atoms with Crippen molar-refractivity contribution in [3.05, 3.63) is 65.7 Å². The van der Waals surface area contributed by atoms with Gasteiger partial charge in [-0.3, -0.25) is 0 Å². The molecule has 2 rings (SSSR count). The Hall–Kier alpha value is -2.22. The Morgan fingerprint density at radius 3 is 2.19 bits per heavy atom. The molecular formula is C14H12O2. The fourth-order valence-corrected chi connectivity index (χ4v) is 1.45. The molecule has 0 spiro atoms. The minimum absolute atomic E-state index is 0.141. The first-order valence-electron chi connectivity index (χ1n) is 5.01. The quantitative estimate of drug-likeness (QED) is 0.591. The van der Waals surface area contributed by atoms with Crippen LogP contribution in [0.5, 0.6) is 5.75 Å². The highest BCUT2D eigenvalue weighted by atomic mass is 16.3. The minimum Gasteiger partial charge on any atom is -0.507 e. The SMILES string of the molecule is OC(=Cc1ccccc1O)c1ccccc1. The number of aliphatic hydroxyl groups excluding tert-OH is 1. The van der Waals surface area contributed by atoms with Crippen molar-refractivity contribution in [2.75, 3.05) is 0 Å². The van der Waals surface area contributed by atoms with Gasteiger partial charge >= 0.3 is 0 Å². The molecule has 0 atom stereocenters. The molecule has 0 aliphatic carbocycles. The highest BCUT2D eigenvalue weighted by Crippen LogP contribution is 2.21. The second-order valence-electron chi connectivity index (χ2n) is 3.45. The van der Waals surface area contributed by atoms with Crippen molar-refractivity contribution < 1.29 is 10.2 Å². The van der Waals surface area contributed by atoms with E-state index in [1.165, 1.54) is 0 Å². The van der Waals surface area contributed by atoms with Gasteiger partial charge in [0.05, 0.1) is 0 Å². The maximum atomic E-state index is 9.85. The van der Waals surface area contributed by atoms with E-state index in [1.54, 1.807) is 24.3 Å². The predicted molar refractivity (Wildman–Crippen MR) is 65.0 cm³/mol. The third-order valence-electron chi connectivity index (χ3n) is 2.30. The smallest absolute Gasteiger partial charge is 0.123 e. The lowest BCUT2D eigenvalue weighted by molar-refractivity contribution is 0.473. The molecule has 0 heterocycles. The van der Waals surface area contributed by atoms with Crippen LogP contribution in [-0.2, 0) is 0 Å². The number of hydrogen-bond donors (Lipinski definition) is 2. The monoisotopic (exact) mass is 212 g/mol. The third kappa shape index (κ3) is 2.23. The van der Waals surface area contributed by atoms with Gasteiger partial charge < -0.3 is 10.2 Å². The number of benzene rings is 2. The average molecular weight is 212 g/mol. The Morgan fingerprint density at radius 2 is 1.50 bits per heavy atom. The maximum absolute atomic E-state index is 9.85. The van der Waals surface area contributed by atoms with E-state index in [-0.39, 0.29) is 11.5 Å². The van der Waals surface area contributed by atoms with Crippen molar-refractivity contribution in [2.45, 2.75) is 0 Å². The number of aliphatic hydroxyl groups is 1. The lowest BCUT2D eigenvalue weighted by Gasteiger charge is -2.01. The maximum Gasteiger partial charge on any atom is 0.123 e. The summed E-state index contributed by atoms with van der Waals surface area (Å²) in [4.78, 5) is 0. The summed E-state index contributed by atoms with van der Waals surface area (Å²) in [6.07, 6.45) is 1.55. The normalized spacial score (nSPS) is 11.4. The lowest BCUT2D eigenvalue weighted by atomic mass is 10.1. The zero-order chi connectivity index (χ0) is 11.4. The number of para-hydroxylation sites is 1. The first kappa shape index (κ1) is 10.3. The molecule has 0 radical (unpaired) electrons. The molecule has 2 aromatic carbocycles. The fourth-order valence-electron chi connectivity index (χ4n) is 1.45. The molecule has 0 saturated heterocycles. The van der Waals surface area contributed by atoms with Gasteiger partial charge in [0.15, 0.2) is 0 Å². The molecule has 2 heteroatoms. The van der Waals surface area contributed by atoms with Crippen molar-refractivity contribution in [2.24, 2.45) is 0 Å². The van der Waals surface area contributed by atoms with Crippen LogP contribution in [0.3, 0.4) is 0 Å². The van der Waals surface area contributed by atoms with Crippen LogP contribution in [0, 0.1) is 0 Å². The molecule has 2 nitrogen and oxygen atoms in total. The standard InChI is InChI=1S/C14H12O2/c15-13-9-5-4-8-12(13)10-14(16)11-6-2-1-3-7-11/h1-10,15-16H. The van der Waals surface area contributed by atoms with Gasteiger partial charge in [0.25, 0.3) is 0 Å². The first-order chi connectivity index (χ1) is 7.77. The van der Waals surface area contributed by atoms with E-state index in [0.29, 0.717) is 5.56 Å². The van der Waals surface area contributed by atoms with Crippen molar-refractivity contribution in [1.29, 1.82) is 0 Å². The van der Waals surface area contributed by atoms with Gasteiger partial charge in [-0.1, -0.05) is 48.5 Å². The van der Waals surface area contributed by atoms with E-state index in [1.807, 2.05) is 36.4 Å². The Morgan fingerprint density at radius 1 is 0.875 bits per heavy atom. The van der Waals surface area contributed by atoms with Crippen LogP contribution in [0.1, 0.15) is 11.1 Å². The van der Waals surface area contributed by atoms with Gasteiger partial charge in [0.1, 0.15) is 11.5 Å². The number of aromatic hydroxyl groups is 1. The summed E-state index contributed by atoms with van der Waals surface area (Å²) in [6.45, 7) is 0. The largest absolute Gasteiger partial charge is 0.507 e. The molecule has 0 amide bonds. The molecule has 0 unspecified atom stereocenters. The summed E-state index contributed by atoms with van der Waals surface area (Å²) < 4.78 is 0. The number of phenolic OH excluding ortho intramolecular Hbond substituents is 1. The summed E-state index contributed by atoms with van der Waals surface area (Å²) >= 11 is 0. The Kier molecular flexibility index (Phi) is 2.92. The van der Waals surface area contributed by atoms with Gasteiger partial charge in [0.2, 0.25) is 0 Å². The van der Waals surface area contributed by atoms with Crippen LogP contribution < -0.4 is 0 Å². The third-order valence-corrected chi connectivity index (χ3v) is 2.30. The average Bonchev–Trinajstić information content (AvgIpc) is 2.33. The van der Waals surface area contributed by atoms with Crippen LogP contribution in [-0.4, -0.2) is 10.2 Å². The van der Waals surface area contributed by atoms with Crippen LogP contribution in [0.4, 0.5) is 0 Å². The van der Waals surface area contributed by atoms with Crippen molar-refractivity contribution >= 4 is 11.8 Å². The van der Waals surface area contributed by atoms with Crippen LogP contribution >= 0.6 is 0 Å². The summed E-state index contributed by atoms with van der Waals surface area (Å²) in [5.41, 5.74) is 1.33. The van der Waals surface area contributed by atoms with Gasteiger partial charge in [-0.25, -0.2) is 0 Å². The van der Waals surface area contributed by atoms with Crippen molar-refractivity contribution in [3.8, 4) is 5.75 Å². The summed E-state index contributed by atoms with van der Waals surface area (Å²) in [6, 6.07) is 16.1. The molecule has 2 N–H and O–H groups in total. The second kappa shape index (κ2) is 4.53. The Balaban J connectivity index is 2.36. The highest BCUT2D eigenvalue weighted by molar-refractivity contribution is 5.78. The van der Waals surface area contributed by atoms with E-state index in [9.17, 15) is 10.2 Å². The van der Waals surface area contributed by atoms with Crippen molar-refractivity contribution in [3.63, 3.8) is 0 Å². The number of phenols is 1. The molecule has 2 aromatic rings. The fraction of sp³-hybridized carbons (Fsp3) is 0. The van der Waals surface area contributed by atoms with Crippen molar-refractivity contribution in [1.82, 2.24) is 0 Å². The predicted octanol–water partition coefficient (Wildman–Crippen LogP) is 3.45. The summed E-state index contributed by atoms with van der Waals surface area (Å²) in [5.74, 6) is 0.298. The minimum atomic E-state index is 0.141. The zero-order valence-corrected chi connectivity index (χ0v) is 8.67. The highest BCUT2D eigenvalue weighted by Gasteiger charge is 2.00. The van der Waals surface area contributed by atoms with E-state index < -0.39 is 0 Å². The van der Waals surface area contributed by atoms with Gasteiger partial charge in [0, 0.05) is 11.1 Å². The molecule has 0 bridgehead atoms. The molecular weight excluding hydrogens is 200 g/mol. The first-order valence-corrected chi connectivity index (χ1v) is 5.01. The van der Waals surface area contributed by atoms with E-state index in [0.717, 1.165) is 5.56 Å². The molecule has 0 saturated carbocycles. The number of rotatable bonds is 2. The number of hydrogen-bond acceptors (Lipinski definition) is 2. The Labute approximate surface area is 94.1 Å². The van der Waals surface area contributed by atoms with Crippen LogP contribution in [0.2, 0.25) is 0 Å². The Bertz CT molecular complexity index is 501. The summed E-state index contributed by atoms with van der Waals surface area (Å²) in [5, 5.41) is 19.4. The van der Waals surface area contributed by atoms with Gasteiger partial charge in [-0.05, 0) is 12.1 Å². The van der Waals surface area contributed by atoms with E-state index in [2.05, 4.69) is 0 Å². The lowest BCUT2D eigenvalue weighted by Crippen LogP contribution is -1.82. The topological polar surface area (TPSA) is 40.5 Å². The van der Waals surface area contributed by atoms with Crippen LogP contribution in [0.15, 0.2) is 54.6 Å². The second-order valence-corrected chi connectivity index (χ2v) is 3.45. The van der Waals surface area contributed by atoms with Crippen LogP contribution in [0.25, 0.3) is 11.8 Å². The molecule has 80 valence electrons. The molecule has 0 aliphatic heterocycles. The zero-order valence-electron chi connectivity index (χ0n) is 8.67. The molecule has 16 heavy (non-hydrogen) atoms.